The van der Waals surface area contributed by atoms with E-state index in [1.54, 1.807) is 0 Å². The maximum absolute atomic E-state index is 12.5. The zero-order chi connectivity index (χ0) is 19.6. The van der Waals surface area contributed by atoms with Crippen molar-refractivity contribution in [2.75, 3.05) is 13.1 Å². The van der Waals surface area contributed by atoms with E-state index >= 15 is 0 Å². The lowest BCUT2D eigenvalue weighted by Crippen LogP contribution is -2.30. The van der Waals surface area contributed by atoms with Gasteiger partial charge in [-0.15, -0.1) is 0 Å². The van der Waals surface area contributed by atoms with Gasteiger partial charge in [0.1, 0.15) is 0 Å². The summed E-state index contributed by atoms with van der Waals surface area (Å²) in [5.74, 6) is 0.0970. The molecule has 0 N–H and O–H groups in total. The summed E-state index contributed by atoms with van der Waals surface area (Å²) in [7, 11) is 0. The van der Waals surface area contributed by atoms with Crippen LogP contribution in [0, 0.1) is 0 Å². The molecule has 3 rings (SSSR count). The van der Waals surface area contributed by atoms with Crippen molar-refractivity contribution in [3.8, 4) is 11.1 Å². The second-order valence-electron chi connectivity index (χ2n) is 8.08. The lowest BCUT2D eigenvalue weighted by Gasteiger charge is -2.19. The molecular formula is C25H29NO. The lowest BCUT2D eigenvalue weighted by atomic mass is 9.85. The zero-order valence-corrected chi connectivity index (χ0v) is 17.0. The molecule has 3 aromatic carbocycles. The van der Waals surface area contributed by atoms with Gasteiger partial charge in [-0.05, 0) is 64.9 Å². The average Bonchev–Trinajstić information content (AvgIpc) is 2.67. The summed E-state index contributed by atoms with van der Waals surface area (Å²) in [5.41, 5.74) is 4.56. The Labute approximate surface area is 162 Å². The van der Waals surface area contributed by atoms with Crippen LogP contribution in [0.3, 0.4) is 0 Å². The Balaban J connectivity index is 1.90. The van der Waals surface area contributed by atoms with E-state index in [0.717, 1.165) is 24.2 Å². The molecule has 27 heavy (non-hydrogen) atoms. The molecule has 3 aromatic rings. The smallest absolute Gasteiger partial charge is 0.253 e. The van der Waals surface area contributed by atoms with Gasteiger partial charge in [-0.3, -0.25) is 4.79 Å². The van der Waals surface area contributed by atoms with E-state index in [4.69, 9.17) is 0 Å². The summed E-state index contributed by atoms with van der Waals surface area (Å²) in [6.45, 7) is 12.2. The van der Waals surface area contributed by atoms with Gasteiger partial charge in [-0.2, -0.15) is 0 Å². The molecule has 0 aliphatic carbocycles. The molecule has 0 aliphatic heterocycles. The number of rotatable bonds is 4. The third-order valence-corrected chi connectivity index (χ3v) is 5.22. The Hall–Kier alpha value is -2.61. The van der Waals surface area contributed by atoms with Crippen LogP contribution in [-0.2, 0) is 5.41 Å². The quantitative estimate of drug-likeness (QED) is 0.536. The maximum Gasteiger partial charge on any atom is 0.253 e. The van der Waals surface area contributed by atoms with E-state index in [9.17, 15) is 4.79 Å². The molecule has 140 valence electrons. The number of carbonyl (C=O) groups is 1. The van der Waals surface area contributed by atoms with Crippen LogP contribution in [0.5, 0.6) is 0 Å². The standard InChI is InChI=1S/C25H29NO/c1-6-26(7-2)24(27)19-10-8-18(9-11-19)20-12-13-22-17-23(25(3,4)5)15-14-21(22)16-20/h8-17H,6-7H2,1-5H3. The van der Waals surface area contributed by atoms with Gasteiger partial charge in [0, 0.05) is 18.7 Å². The molecule has 0 heterocycles. The molecule has 0 spiro atoms. The topological polar surface area (TPSA) is 20.3 Å². The second-order valence-corrected chi connectivity index (χ2v) is 8.08. The first-order chi connectivity index (χ1) is 12.8. The highest BCUT2D eigenvalue weighted by atomic mass is 16.2. The van der Waals surface area contributed by atoms with E-state index in [2.05, 4.69) is 57.2 Å². The van der Waals surface area contributed by atoms with Crippen molar-refractivity contribution in [2.45, 2.75) is 40.0 Å². The first-order valence-corrected chi connectivity index (χ1v) is 9.77. The summed E-state index contributed by atoms with van der Waals surface area (Å²) >= 11 is 0. The number of amides is 1. The number of hydrogen-bond acceptors (Lipinski definition) is 1. The fourth-order valence-corrected chi connectivity index (χ4v) is 3.39. The van der Waals surface area contributed by atoms with Crippen molar-refractivity contribution in [1.82, 2.24) is 4.90 Å². The number of carbonyl (C=O) groups excluding carboxylic acids is 1. The number of benzene rings is 3. The Morgan fingerprint density at radius 1 is 0.778 bits per heavy atom. The summed E-state index contributed by atoms with van der Waals surface area (Å²) < 4.78 is 0. The van der Waals surface area contributed by atoms with E-state index in [1.165, 1.54) is 21.9 Å². The van der Waals surface area contributed by atoms with Gasteiger partial charge in [0.25, 0.3) is 5.91 Å². The summed E-state index contributed by atoms with van der Waals surface area (Å²) in [6, 6.07) is 21.2. The SMILES string of the molecule is CCN(CC)C(=O)c1ccc(-c2ccc3cc(C(C)(C)C)ccc3c2)cc1. The molecule has 0 aliphatic rings. The summed E-state index contributed by atoms with van der Waals surface area (Å²) in [6.07, 6.45) is 0. The van der Waals surface area contributed by atoms with Crippen LogP contribution in [0.15, 0.2) is 60.7 Å². The molecule has 1 amide bonds. The van der Waals surface area contributed by atoms with Gasteiger partial charge in [0.05, 0.1) is 0 Å². The summed E-state index contributed by atoms with van der Waals surface area (Å²) in [5, 5.41) is 2.50. The minimum atomic E-state index is 0.0970. The van der Waals surface area contributed by atoms with Crippen LogP contribution in [0.4, 0.5) is 0 Å². The minimum absolute atomic E-state index is 0.0970. The fraction of sp³-hybridized carbons (Fsp3) is 0.320. The van der Waals surface area contributed by atoms with Crippen LogP contribution in [-0.4, -0.2) is 23.9 Å². The van der Waals surface area contributed by atoms with Gasteiger partial charge in [-0.25, -0.2) is 0 Å². The summed E-state index contributed by atoms with van der Waals surface area (Å²) in [4.78, 5) is 14.3. The molecular weight excluding hydrogens is 330 g/mol. The Morgan fingerprint density at radius 3 is 1.93 bits per heavy atom. The minimum Gasteiger partial charge on any atom is -0.339 e. The third-order valence-electron chi connectivity index (χ3n) is 5.22. The van der Waals surface area contributed by atoms with E-state index in [1.807, 2.05) is 43.0 Å². The van der Waals surface area contributed by atoms with Gasteiger partial charge < -0.3 is 4.90 Å². The molecule has 0 saturated heterocycles. The van der Waals surface area contributed by atoms with E-state index in [-0.39, 0.29) is 11.3 Å². The number of nitrogens with zero attached hydrogens (tertiary/aromatic N) is 1. The third kappa shape index (κ3) is 4.05. The van der Waals surface area contributed by atoms with Crippen LogP contribution < -0.4 is 0 Å². The highest BCUT2D eigenvalue weighted by molar-refractivity contribution is 5.95. The molecule has 0 bridgehead atoms. The number of hydrogen-bond donors (Lipinski definition) is 0. The van der Waals surface area contributed by atoms with E-state index in [0.29, 0.717) is 0 Å². The van der Waals surface area contributed by atoms with Crippen LogP contribution in [0.2, 0.25) is 0 Å². The van der Waals surface area contributed by atoms with Crippen molar-refractivity contribution in [3.05, 3.63) is 71.8 Å². The van der Waals surface area contributed by atoms with E-state index < -0.39 is 0 Å². The van der Waals surface area contributed by atoms with Crippen molar-refractivity contribution in [2.24, 2.45) is 0 Å². The van der Waals surface area contributed by atoms with Crippen molar-refractivity contribution < 1.29 is 4.79 Å². The fourth-order valence-electron chi connectivity index (χ4n) is 3.39. The Kier molecular flexibility index (Phi) is 5.36. The van der Waals surface area contributed by atoms with Gasteiger partial charge in [0.2, 0.25) is 0 Å². The molecule has 0 atom stereocenters. The first kappa shape index (κ1) is 19.2. The van der Waals surface area contributed by atoms with Crippen LogP contribution >= 0.6 is 0 Å². The molecule has 2 heteroatoms. The Morgan fingerprint density at radius 2 is 1.33 bits per heavy atom. The maximum atomic E-state index is 12.5. The Bertz CT molecular complexity index is 944. The predicted octanol–water partition coefficient (Wildman–Crippen LogP) is 6.29. The molecule has 2 nitrogen and oxygen atoms in total. The highest BCUT2D eigenvalue weighted by Gasteiger charge is 2.14. The predicted molar refractivity (Wildman–Crippen MR) is 115 cm³/mol. The second kappa shape index (κ2) is 7.56. The van der Waals surface area contributed by atoms with Gasteiger partial charge in [0.15, 0.2) is 0 Å². The molecule has 0 saturated carbocycles. The molecule has 0 aromatic heterocycles. The van der Waals surface area contributed by atoms with Gasteiger partial charge >= 0.3 is 0 Å². The first-order valence-electron chi connectivity index (χ1n) is 9.77. The lowest BCUT2D eigenvalue weighted by molar-refractivity contribution is 0.0773. The number of fused-ring (bicyclic) bond motifs is 1. The zero-order valence-electron chi connectivity index (χ0n) is 17.0. The molecule has 0 radical (unpaired) electrons. The van der Waals surface area contributed by atoms with Crippen LogP contribution in [0.25, 0.3) is 21.9 Å². The normalized spacial score (nSPS) is 11.6. The molecule has 0 fully saturated rings. The van der Waals surface area contributed by atoms with Crippen molar-refractivity contribution in [1.29, 1.82) is 0 Å². The van der Waals surface area contributed by atoms with Crippen LogP contribution in [0.1, 0.15) is 50.5 Å². The van der Waals surface area contributed by atoms with Crippen molar-refractivity contribution in [3.63, 3.8) is 0 Å². The highest BCUT2D eigenvalue weighted by Crippen LogP contribution is 2.29. The average molecular weight is 360 g/mol. The molecule has 0 unspecified atom stereocenters. The largest absolute Gasteiger partial charge is 0.339 e. The van der Waals surface area contributed by atoms with Gasteiger partial charge in [-0.1, -0.05) is 63.2 Å². The monoisotopic (exact) mass is 359 g/mol. The van der Waals surface area contributed by atoms with Crippen molar-refractivity contribution >= 4 is 16.7 Å².